The molecule has 140 valence electrons. The number of hydrogen-bond acceptors (Lipinski definition) is 5. The molecule has 26 heavy (non-hydrogen) atoms. The monoisotopic (exact) mass is 376 g/mol. The lowest BCUT2D eigenvalue weighted by Gasteiger charge is -2.30. The summed E-state index contributed by atoms with van der Waals surface area (Å²) in [4.78, 5) is 17.1. The van der Waals surface area contributed by atoms with Crippen molar-refractivity contribution < 1.29 is 13.2 Å². The van der Waals surface area contributed by atoms with Gasteiger partial charge in [-0.15, -0.1) is 4.40 Å². The van der Waals surface area contributed by atoms with E-state index in [9.17, 15) is 13.2 Å². The Balaban J connectivity index is 1.62. The average Bonchev–Trinajstić information content (AvgIpc) is 3.32. The van der Waals surface area contributed by atoms with E-state index in [0.29, 0.717) is 37.6 Å². The lowest BCUT2D eigenvalue weighted by Crippen LogP contribution is -2.47. The minimum absolute atomic E-state index is 0.0279. The number of likely N-dealkylation sites (tertiary alicyclic amines) is 2. The van der Waals surface area contributed by atoms with Crippen LogP contribution in [0, 0.1) is 5.41 Å². The Morgan fingerprint density at radius 2 is 2.12 bits per heavy atom. The highest BCUT2D eigenvalue weighted by Crippen LogP contribution is 2.34. The summed E-state index contributed by atoms with van der Waals surface area (Å²) in [5.74, 6) is 0.474. The quantitative estimate of drug-likeness (QED) is 0.823. The highest BCUT2D eigenvalue weighted by atomic mass is 32.2. The molecule has 7 nitrogen and oxygen atoms in total. The second-order valence-corrected chi connectivity index (χ2v) is 9.33. The zero-order chi connectivity index (χ0) is 18.5. The number of hydrogen-bond donors (Lipinski definition) is 1. The van der Waals surface area contributed by atoms with E-state index in [1.807, 2.05) is 9.80 Å². The van der Waals surface area contributed by atoms with Crippen molar-refractivity contribution in [2.24, 2.45) is 15.5 Å². The maximum Gasteiger partial charge on any atom is 0.285 e. The van der Waals surface area contributed by atoms with Gasteiger partial charge in [-0.2, -0.15) is 8.42 Å². The summed E-state index contributed by atoms with van der Waals surface area (Å²) in [6.07, 6.45) is 2.47. The number of amidine groups is 1. The molecule has 2 unspecified atom stereocenters. The first-order valence-corrected chi connectivity index (χ1v) is 10.5. The van der Waals surface area contributed by atoms with Crippen molar-refractivity contribution in [1.82, 2.24) is 9.80 Å². The van der Waals surface area contributed by atoms with Crippen LogP contribution in [0.15, 0.2) is 33.6 Å². The van der Waals surface area contributed by atoms with Crippen molar-refractivity contribution in [2.45, 2.75) is 37.1 Å². The summed E-state index contributed by atoms with van der Waals surface area (Å²) < 4.78 is 28.7. The van der Waals surface area contributed by atoms with Crippen molar-refractivity contribution >= 4 is 21.8 Å². The van der Waals surface area contributed by atoms with Gasteiger partial charge in [0.1, 0.15) is 10.9 Å². The summed E-state index contributed by atoms with van der Waals surface area (Å²) in [5, 5.41) is 0. The molecule has 3 heterocycles. The fourth-order valence-electron chi connectivity index (χ4n) is 4.16. The molecule has 3 aliphatic heterocycles. The van der Waals surface area contributed by atoms with Gasteiger partial charge in [-0.1, -0.05) is 19.1 Å². The molecule has 1 amide bonds. The lowest BCUT2D eigenvalue weighted by molar-refractivity contribution is -0.134. The van der Waals surface area contributed by atoms with E-state index in [2.05, 4.69) is 11.3 Å². The molecule has 0 spiro atoms. The van der Waals surface area contributed by atoms with Crippen molar-refractivity contribution in [3.8, 4) is 0 Å². The molecule has 0 saturated carbocycles. The highest BCUT2D eigenvalue weighted by molar-refractivity contribution is 7.90. The van der Waals surface area contributed by atoms with Crippen molar-refractivity contribution in [3.05, 3.63) is 29.8 Å². The third-order valence-corrected chi connectivity index (χ3v) is 7.11. The number of rotatable bonds is 2. The van der Waals surface area contributed by atoms with Crippen LogP contribution in [-0.4, -0.2) is 62.2 Å². The predicted octanol–water partition coefficient (Wildman–Crippen LogP) is 0.797. The lowest BCUT2D eigenvalue weighted by atomic mass is 9.90. The first-order valence-electron chi connectivity index (χ1n) is 9.05. The normalized spacial score (nSPS) is 29.8. The SMILES string of the molecule is CC1(CN)CCN(C(=O)C2CCCN2C2=NS(=O)(=O)c3ccccc32)C1. The molecule has 0 bridgehead atoms. The number of nitrogens with zero attached hydrogens (tertiary/aromatic N) is 3. The highest BCUT2D eigenvalue weighted by Gasteiger charge is 2.43. The van der Waals surface area contributed by atoms with Gasteiger partial charge in [0.15, 0.2) is 5.84 Å². The van der Waals surface area contributed by atoms with E-state index in [-0.39, 0.29) is 22.3 Å². The van der Waals surface area contributed by atoms with Gasteiger partial charge in [-0.05, 0) is 43.4 Å². The van der Waals surface area contributed by atoms with Crippen LogP contribution in [0.4, 0.5) is 0 Å². The van der Waals surface area contributed by atoms with Gasteiger partial charge in [0.25, 0.3) is 10.0 Å². The minimum Gasteiger partial charge on any atom is -0.343 e. The summed E-state index contributed by atoms with van der Waals surface area (Å²) >= 11 is 0. The fourth-order valence-corrected chi connectivity index (χ4v) is 5.38. The van der Waals surface area contributed by atoms with E-state index in [4.69, 9.17) is 5.73 Å². The number of carbonyl (C=O) groups excluding carboxylic acids is 1. The molecular weight excluding hydrogens is 352 g/mol. The number of nitrogens with two attached hydrogens (primary N) is 1. The molecule has 2 fully saturated rings. The minimum atomic E-state index is -3.68. The Morgan fingerprint density at radius 3 is 2.85 bits per heavy atom. The second kappa shape index (κ2) is 6.06. The molecule has 3 aliphatic rings. The van der Waals surface area contributed by atoms with E-state index < -0.39 is 10.0 Å². The standard InChI is InChI=1S/C18H24N4O3S/c1-18(11-19)8-10-21(12-18)17(23)14-6-4-9-22(14)16-13-5-2-3-7-15(13)26(24,25)20-16/h2-3,5,7,14H,4,6,8-12,19H2,1H3. The molecule has 8 heteroatoms. The molecule has 2 saturated heterocycles. The zero-order valence-electron chi connectivity index (χ0n) is 14.9. The topological polar surface area (TPSA) is 96.1 Å². The van der Waals surface area contributed by atoms with Crippen LogP contribution < -0.4 is 5.73 Å². The molecule has 0 aliphatic carbocycles. The Labute approximate surface area is 153 Å². The van der Waals surface area contributed by atoms with Crippen molar-refractivity contribution in [3.63, 3.8) is 0 Å². The fraction of sp³-hybridized carbons (Fsp3) is 0.556. The average molecular weight is 376 g/mol. The van der Waals surface area contributed by atoms with Crippen LogP contribution >= 0.6 is 0 Å². The molecule has 2 N–H and O–H groups in total. The van der Waals surface area contributed by atoms with Gasteiger partial charge in [-0.25, -0.2) is 0 Å². The third kappa shape index (κ3) is 2.72. The van der Waals surface area contributed by atoms with Gasteiger partial charge in [0.05, 0.1) is 0 Å². The van der Waals surface area contributed by atoms with Gasteiger partial charge in [0, 0.05) is 25.2 Å². The zero-order valence-corrected chi connectivity index (χ0v) is 15.7. The van der Waals surface area contributed by atoms with E-state index in [1.165, 1.54) is 0 Å². The summed E-state index contributed by atoms with van der Waals surface area (Å²) in [7, 11) is -3.68. The van der Waals surface area contributed by atoms with Crippen LogP contribution in [0.1, 0.15) is 31.7 Å². The third-order valence-electron chi connectivity index (χ3n) is 5.78. The van der Waals surface area contributed by atoms with Crippen molar-refractivity contribution in [2.75, 3.05) is 26.2 Å². The van der Waals surface area contributed by atoms with Crippen LogP contribution in [0.25, 0.3) is 0 Å². The molecular formula is C18H24N4O3S. The predicted molar refractivity (Wildman–Crippen MR) is 98.3 cm³/mol. The maximum atomic E-state index is 13.1. The Hall–Kier alpha value is -1.93. The first kappa shape index (κ1) is 17.5. The van der Waals surface area contributed by atoms with E-state index >= 15 is 0 Å². The summed E-state index contributed by atoms with van der Waals surface area (Å²) in [6.45, 7) is 4.67. The van der Waals surface area contributed by atoms with Gasteiger partial charge >= 0.3 is 0 Å². The largest absolute Gasteiger partial charge is 0.343 e. The number of fused-ring (bicyclic) bond motifs is 1. The summed E-state index contributed by atoms with van der Waals surface area (Å²) in [6, 6.07) is 6.48. The molecule has 4 rings (SSSR count). The number of sulfonamides is 1. The van der Waals surface area contributed by atoms with Crippen LogP contribution in [0.5, 0.6) is 0 Å². The van der Waals surface area contributed by atoms with Crippen molar-refractivity contribution in [1.29, 1.82) is 0 Å². The van der Waals surface area contributed by atoms with Crippen LogP contribution in [0.2, 0.25) is 0 Å². The number of carbonyl (C=O) groups is 1. The molecule has 1 aromatic rings. The van der Waals surface area contributed by atoms with Gasteiger partial charge < -0.3 is 15.5 Å². The van der Waals surface area contributed by atoms with E-state index in [1.54, 1.807) is 24.3 Å². The molecule has 2 atom stereocenters. The molecule has 1 aromatic carbocycles. The van der Waals surface area contributed by atoms with Gasteiger partial charge in [0.2, 0.25) is 5.91 Å². The van der Waals surface area contributed by atoms with Crippen LogP contribution in [-0.2, 0) is 14.8 Å². The smallest absolute Gasteiger partial charge is 0.285 e. The Bertz CT molecular complexity index is 882. The molecule has 0 radical (unpaired) electrons. The van der Waals surface area contributed by atoms with Gasteiger partial charge in [-0.3, -0.25) is 4.79 Å². The maximum absolute atomic E-state index is 13.1. The molecule has 0 aromatic heterocycles. The summed E-state index contributed by atoms with van der Waals surface area (Å²) in [5.41, 5.74) is 6.43. The Kier molecular flexibility index (Phi) is 4.07. The van der Waals surface area contributed by atoms with Crippen LogP contribution in [0.3, 0.4) is 0 Å². The second-order valence-electron chi connectivity index (χ2n) is 7.76. The first-order chi connectivity index (χ1) is 12.3. The number of benzene rings is 1. The van der Waals surface area contributed by atoms with E-state index in [0.717, 1.165) is 19.3 Å². The number of amides is 1. The Morgan fingerprint density at radius 1 is 1.35 bits per heavy atom.